The maximum absolute atomic E-state index is 14.7. The van der Waals surface area contributed by atoms with Crippen molar-refractivity contribution in [2.45, 2.75) is 32.2 Å². The Kier molecular flexibility index (Phi) is 4.72. The molecule has 0 saturated heterocycles. The van der Waals surface area contributed by atoms with Crippen LogP contribution < -0.4 is 10.9 Å². The number of aromatic nitrogens is 6. The van der Waals surface area contributed by atoms with Crippen LogP contribution in [0, 0.1) is 5.82 Å². The predicted molar refractivity (Wildman–Crippen MR) is 124 cm³/mol. The molecule has 0 fully saturated rings. The van der Waals surface area contributed by atoms with E-state index in [1.54, 1.807) is 36.4 Å². The smallest absolute Gasteiger partial charge is 0.261 e. The van der Waals surface area contributed by atoms with Gasteiger partial charge in [0.15, 0.2) is 5.82 Å². The molecular formula is C24H20FN7O2. The van der Waals surface area contributed by atoms with E-state index in [1.807, 2.05) is 0 Å². The summed E-state index contributed by atoms with van der Waals surface area (Å²) in [5.74, 6) is 0.407. The van der Waals surface area contributed by atoms with Gasteiger partial charge in [-0.25, -0.2) is 8.91 Å². The number of nitrogens with zero attached hydrogens (tertiary/aromatic N) is 5. The first-order chi connectivity index (χ1) is 16.6. The van der Waals surface area contributed by atoms with Crippen molar-refractivity contribution < 1.29 is 9.18 Å². The number of rotatable bonds is 3. The molecule has 10 heteroatoms. The maximum Gasteiger partial charge on any atom is 0.261 e. The average molecular weight is 457 g/mol. The molecule has 1 aliphatic heterocycles. The van der Waals surface area contributed by atoms with E-state index in [9.17, 15) is 14.0 Å². The summed E-state index contributed by atoms with van der Waals surface area (Å²) < 4.78 is 18.2. The van der Waals surface area contributed by atoms with Gasteiger partial charge < -0.3 is 14.9 Å². The van der Waals surface area contributed by atoms with Gasteiger partial charge in [0.2, 0.25) is 0 Å². The fraction of sp³-hybridized carbons (Fsp3) is 0.208. The topological polar surface area (TPSA) is 110 Å². The Labute approximate surface area is 192 Å². The number of hydrogen-bond acceptors (Lipinski definition) is 5. The van der Waals surface area contributed by atoms with Crippen LogP contribution in [-0.4, -0.2) is 35.3 Å². The molecule has 0 atom stereocenters. The van der Waals surface area contributed by atoms with E-state index in [1.165, 1.54) is 16.8 Å². The molecule has 0 unspecified atom stereocenters. The van der Waals surface area contributed by atoms with E-state index < -0.39 is 11.7 Å². The van der Waals surface area contributed by atoms with Crippen LogP contribution in [0.25, 0.3) is 27.9 Å². The second kappa shape index (κ2) is 7.91. The van der Waals surface area contributed by atoms with Gasteiger partial charge in [-0.3, -0.25) is 9.59 Å². The SMILES string of the molecule is O=C(Nc1cc(-c2nnc3n2CCCCC3)ccc1F)c1cnn2c1[nH]c(=O)c1ccccc12. The van der Waals surface area contributed by atoms with Crippen LogP contribution in [0.1, 0.15) is 35.4 Å². The fourth-order valence-corrected chi connectivity index (χ4v) is 4.49. The highest BCUT2D eigenvalue weighted by atomic mass is 19.1. The normalized spacial score (nSPS) is 13.7. The Morgan fingerprint density at radius 1 is 1.09 bits per heavy atom. The Bertz CT molecular complexity index is 1630. The first kappa shape index (κ1) is 20.3. The second-order valence-electron chi connectivity index (χ2n) is 8.34. The third kappa shape index (κ3) is 3.26. The molecule has 170 valence electrons. The maximum atomic E-state index is 14.7. The number of hydrogen-bond donors (Lipinski definition) is 2. The third-order valence-electron chi connectivity index (χ3n) is 6.20. The summed E-state index contributed by atoms with van der Waals surface area (Å²) in [7, 11) is 0. The lowest BCUT2D eigenvalue weighted by molar-refractivity contribution is 0.102. The van der Waals surface area contributed by atoms with E-state index in [-0.39, 0.29) is 22.5 Å². The molecule has 3 aromatic heterocycles. The van der Waals surface area contributed by atoms with Crippen molar-refractivity contribution in [3.63, 3.8) is 0 Å². The highest BCUT2D eigenvalue weighted by molar-refractivity contribution is 6.08. The van der Waals surface area contributed by atoms with Crippen molar-refractivity contribution >= 4 is 28.1 Å². The standard InChI is InChI=1S/C24H20FN7O2/c25-17-10-9-14(21-30-29-20-8-2-1-5-11-31(20)21)12-18(17)27-24(34)16-13-26-32-19-7-4-3-6-15(19)23(33)28-22(16)32/h3-4,6-7,9-10,12-13H,1-2,5,8,11H2,(H,27,34)(H,28,33). The van der Waals surface area contributed by atoms with Gasteiger partial charge in [0.05, 0.1) is 22.8 Å². The molecule has 6 rings (SSSR count). The number of halogens is 1. The Hall–Kier alpha value is -4.34. The summed E-state index contributed by atoms with van der Waals surface area (Å²) >= 11 is 0. The molecule has 0 aliphatic carbocycles. The van der Waals surface area contributed by atoms with Gasteiger partial charge >= 0.3 is 0 Å². The molecule has 9 nitrogen and oxygen atoms in total. The molecule has 0 spiro atoms. The summed E-state index contributed by atoms with van der Waals surface area (Å²) in [5.41, 5.74) is 1.27. The van der Waals surface area contributed by atoms with Crippen LogP contribution in [0.2, 0.25) is 0 Å². The number of H-pyrrole nitrogens is 1. The van der Waals surface area contributed by atoms with Crippen molar-refractivity contribution in [3.05, 3.63) is 76.2 Å². The number of amides is 1. The van der Waals surface area contributed by atoms with Crippen molar-refractivity contribution in [2.75, 3.05) is 5.32 Å². The van der Waals surface area contributed by atoms with Crippen LogP contribution in [0.3, 0.4) is 0 Å². The second-order valence-corrected chi connectivity index (χ2v) is 8.34. The van der Waals surface area contributed by atoms with Crippen LogP contribution in [0.5, 0.6) is 0 Å². The lowest BCUT2D eigenvalue weighted by Crippen LogP contribution is -2.16. The molecule has 1 aliphatic rings. The number of carbonyl (C=O) groups excluding carboxylic acids is 1. The molecule has 4 heterocycles. The van der Waals surface area contributed by atoms with E-state index in [0.29, 0.717) is 22.3 Å². The molecule has 0 bridgehead atoms. The zero-order valence-electron chi connectivity index (χ0n) is 18.1. The summed E-state index contributed by atoms with van der Waals surface area (Å²) in [4.78, 5) is 28.3. The third-order valence-corrected chi connectivity index (χ3v) is 6.20. The van der Waals surface area contributed by atoms with Crippen molar-refractivity contribution in [2.24, 2.45) is 0 Å². The van der Waals surface area contributed by atoms with Crippen LogP contribution in [-0.2, 0) is 13.0 Å². The van der Waals surface area contributed by atoms with Gasteiger partial charge in [0.25, 0.3) is 11.5 Å². The van der Waals surface area contributed by atoms with Gasteiger partial charge in [0, 0.05) is 18.5 Å². The quantitative estimate of drug-likeness (QED) is 0.431. The van der Waals surface area contributed by atoms with E-state index in [4.69, 9.17) is 0 Å². The lowest BCUT2D eigenvalue weighted by Gasteiger charge is -2.10. The van der Waals surface area contributed by atoms with E-state index >= 15 is 0 Å². The fourth-order valence-electron chi connectivity index (χ4n) is 4.49. The molecule has 5 aromatic rings. The van der Waals surface area contributed by atoms with Crippen LogP contribution in [0.15, 0.2) is 53.5 Å². The van der Waals surface area contributed by atoms with Gasteiger partial charge in [-0.05, 0) is 43.2 Å². The summed E-state index contributed by atoms with van der Waals surface area (Å²) in [5, 5.41) is 15.9. The number of benzene rings is 2. The van der Waals surface area contributed by atoms with Crippen LogP contribution >= 0.6 is 0 Å². The van der Waals surface area contributed by atoms with Gasteiger partial charge in [0.1, 0.15) is 22.9 Å². The number of carbonyl (C=O) groups is 1. The van der Waals surface area contributed by atoms with Crippen molar-refractivity contribution in [1.29, 1.82) is 0 Å². The number of nitrogens with one attached hydrogen (secondary N) is 2. The molecule has 2 N–H and O–H groups in total. The minimum absolute atomic E-state index is 0.0101. The van der Waals surface area contributed by atoms with Gasteiger partial charge in [-0.15, -0.1) is 10.2 Å². The predicted octanol–water partition coefficient (Wildman–Crippen LogP) is 3.55. The molecule has 0 saturated carbocycles. The average Bonchev–Trinajstić information content (AvgIpc) is 3.38. The van der Waals surface area contributed by atoms with Gasteiger partial charge in [-0.2, -0.15) is 5.10 Å². The highest BCUT2D eigenvalue weighted by Gasteiger charge is 2.20. The number of aromatic amines is 1. The van der Waals surface area contributed by atoms with E-state index in [2.05, 4.69) is 30.2 Å². The van der Waals surface area contributed by atoms with Crippen LogP contribution in [0.4, 0.5) is 10.1 Å². The highest BCUT2D eigenvalue weighted by Crippen LogP contribution is 2.27. The zero-order chi connectivity index (χ0) is 23.2. The first-order valence-corrected chi connectivity index (χ1v) is 11.1. The number of fused-ring (bicyclic) bond motifs is 4. The molecule has 0 radical (unpaired) electrons. The molecule has 34 heavy (non-hydrogen) atoms. The molecular weight excluding hydrogens is 437 g/mol. The Balaban J connectivity index is 1.37. The van der Waals surface area contributed by atoms with E-state index in [0.717, 1.165) is 38.1 Å². The Morgan fingerprint density at radius 2 is 1.97 bits per heavy atom. The number of para-hydroxylation sites is 1. The first-order valence-electron chi connectivity index (χ1n) is 11.1. The van der Waals surface area contributed by atoms with Crippen molar-refractivity contribution in [3.8, 4) is 11.4 Å². The largest absolute Gasteiger partial charge is 0.319 e. The minimum Gasteiger partial charge on any atom is -0.319 e. The number of aryl methyl sites for hydroxylation is 1. The molecule has 1 amide bonds. The molecule has 2 aromatic carbocycles. The Morgan fingerprint density at radius 3 is 2.88 bits per heavy atom. The zero-order valence-corrected chi connectivity index (χ0v) is 18.1. The summed E-state index contributed by atoms with van der Waals surface area (Å²) in [6, 6.07) is 11.5. The van der Waals surface area contributed by atoms with Gasteiger partial charge in [-0.1, -0.05) is 18.6 Å². The van der Waals surface area contributed by atoms with Crippen molar-refractivity contribution in [1.82, 2.24) is 29.4 Å². The minimum atomic E-state index is -0.586. The number of anilines is 1. The lowest BCUT2D eigenvalue weighted by atomic mass is 10.1. The summed E-state index contributed by atoms with van der Waals surface area (Å²) in [6.45, 7) is 0.806. The monoisotopic (exact) mass is 457 g/mol. The summed E-state index contributed by atoms with van der Waals surface area (Å²) in [6.07, 6.45) is 5.45.